The average molecular weight is 397 g/mol. The van der Waals surface area contributed by atoms with E-state index in [1.807, 2.05) is 66.7 Å². The molecule has 0 saturated heterocycles. The highest BCUT2D eigenvalue weighted by Crippen LogP contribution is 2.22. The van der Waals surface area contributed by atoms with Crippen molar-refractivity contribution in [3.8, 4) is 0 Å². The first-order valence-electron chi connectivity index (χ1n) is 9.60. The van der Waals surface area contributed by atoms with Gasteiger partial charge in [0.15, 0.2) is 0 Å². The molecule has 5 rings (SSSR count). The highest BCUT2D eigenvalue weighted by atomic mass is 19.1. The van der Waals surface area contributed by atoms with Crippen LogP contribution in [0.5, 0.6) is 0 Å². The Morgan fingerprint density at radius 3 is 2.47 bits per heavy atom. The minimum absolute atomic E-state index is 0.436. The molecule has 2 aromatic heterocycles. The van der Waals surface area contributed by atoms with Gasteiger partial charge in [-0.05, 0) is 66.1 Å². The largest absolute Gasteiger partial charge is 0.277 e. The number of aromatic nitrogens is 3. The molecule has 146 valence electrons. The van der Waals surface area contributed by atoms with Crippen molar-refractivity contribution in [2.24, 2.45) is 0 Å². The molecular formula is C25H17F2N3. The number of aromatic amines is 1. The topological polar surface area (TPSA) is 41.6 Å². The third kappa shape index (κ3) is 3.70. The van der Waals surface area contributed by atoms with Gasteiger partial charge in [0.1, 0.15) is 11.6 Å². The van der Waals surface area contributed by atoms with Gasteiger partial charge in [-0.3, -0.25) is 5.10 Å². The van der Waals surface area contributed by atoms with Crippen LogP contribution >= 0.6 is 0 Å². The van der Waals surface area contributed by atoms with Crippen molar-refractivity contribution in [3.63, 3.8) is 0 Å². The Morgan fingerprint density at radius 1 is 0.767 bits per heavy atom. The second kappa shape index (κ2) is 7.52. The van der Waals surface area contributed by atoms with Crippen LogP contribution in [0.2, 0.25) is 0 Å². The van der Waals surface area contributed by atoms with E-state index in [0.717, 1.165) is 44.8 Å². The van der Waals surface area contributed by atoms with Crippen molar-refractivity contribution in [2.45, 2.75) is 6.42 Å². The average Bonchev–Trinajstić information content (AvgIpc) is 3.13. The van der Waals surface area contributed by atoms with E-state index in [-0.39, 0.29) is 0 Å². The first-order valence-corrected chi connectivity index (χ1v) is 9.60. The molecule has 0 unspecified atom stereocenters. The maximum absolute atomic E-state index is 13.5. The number of H-pyrrole nitrogens is 1. The van der Waals surface area contributed by atoms with Crippen LogP contribution in [-0.4, -0.2) is 15.2 Å². The van der Waals surface area contributed by atoms with E-state index in [9.17, 15) is 8.78 Å². The van der Waals surface area contributed by atoms with Gasteiger partial charge in [0, 0.05) is 16.8 Å². The predicted molar refractivity (Wildman–Crippen MR) is 116 cm³/mol. The summed E-state index contributed by atoms with van der Waals surface area (Å²) in [5.41, 5.74) is 5.02. The van der Waals surface area contributed by atoms with E-state index in [0.29, 0.717) is 12.0 Å². The first-order chi connectivity index (χ1) is 14.6. The van der Waals surface area contributed by atoms with Crippen LogP contribution in [0, 0.1) is 11.6 Å². The Balaban J connectivity index is 1.45. The third-order valence-corrected chi connectivity index (χ3v) is 5.02. The molecule has 0 atom stereocenters. The Bertz CT molecular complexity index is 1380. The SMILES string of the molecule is Fc1cc(F)cc(Cc2ccc3n[nH]c(C=Cc4ccc5ccccc5n4)c3c2)c1. The Morgan fingerprint density at radius 2 is 1.60 bits per heavy atom. The van der Waals surface area contributed by atoms with Gasteiger partial charge in [-0.2, -0.15) is 5.10 Å². The van der Waals surface area contributed by atoms with Crippen molar-refractivity contribution in [1.82, 2.24) is 15.2 Å². The van der Waals surface area contributed by atoms with E-state index in [1.54, 1.807) is 0 Å². The van der Waals surface area contributed by atoms with Gasteiger partial charge < -0.3 is 0 Å². The monoisotopic (exact) mass is 397 g/mol. The number of hydrogen-bond acceptors (Lipinski definition) is 2. The van der Waals surface area contributed by atoms with Crippen molar-refractivity contribution >= 4 is 34.0 Å². The number of benzene rings is 3. The quantitative estimate of drug-likeness (QED) is 0.395. The minimum atomic E-state index is -0.569. The van der Waals surface area contributed by atoms with Crippen LogP contribution in [-0.2, 0) is 6.42 Å². The fraction of sp³-hybridized carbons (Fsp3) is 0.0400. The second-order valence-electron chi connectivity index (χ2n) is 7.21. The second-order valence-corrected chi connectivity index (χ2v) is 7.21. The Kier molecular flexibility index (Phi) is 4.56. The summed E-state index contributed by atoms with van der Waals surface area (Å²) in [6, 6.07) is 21.4. The number of para-hydroxylation sites is 1. The van der Waals surface area contributed by atoms with Gasteiger partial charge in [0.05, 0.1) is 22.4 Å². The van der Waals surface area contributed by atoms with Gasteiger partial charge in [-0.1, -0.05) is 30.3 Å². The first kappa shape index (κ1) is 18.2. The van der Waals surface area contributed by atoms with Gasteiger partial charge in [0.2, 0.25) is 0 Å². The van der Waals surface area contributed by atoms with Gasteiger partial charge in [0.25, 0.3) is 0 Å². The molecular weight excluding hydrogens is 380 g/mol. The molecule has 0 bridgehead atoms. The number of nitrogens with one attached hydrogen (secondary N) is 1. The summed E-state index contributed by atoms with van der Waals surface area (Å²) in [6.07, 6.45) is 4.32. The zero-order valence-corrected chi connectivity index (χ0v) is 15.9. The fourth-order valence-corrected chi connectivity index (χ4v) is 3.61. The Labute approximate surface area is 171 Å². The molecule has 5 aromatic rings. The molecule has 0 amide bonds. The third-order valence-electron chi connectivity index (χ3n) is 5.02. The summed E-state index contributed by atoms with van der Waals surface area (Å²) in [5.74, 6) is -1.14. The van der Waals surface area contributed by atoms with Crippen molar-refractivity contribution in [2.75, 3.05) is 0 Å². The van der Waals surface area contributed by atoms with Crippen LogP contribution in [0.25, 0.3) is 34.0 Å². The molecule has 0 aliphatic heterocycles. The highest BCUT2D eigenvalue weighted by molar-refractivity contribution is 5.90. The van der Waals surface area contributed by atoms with E-state index in [4.69, 9.17) is 0 Å². The molecule has 1 N–H and O–H groups in total. The van der Waals surface area contributed by atoms with Crippen LogP contribution < -0.4 is 0 Å². The van der Waals surface area contributed by atoms with E-state index in [2.05, 4.69) is 15.2 Å². The molecule has 3 aromatic carbocycles. The molecule has 0 fully saturated rings. The zero-order valence-electron chi connectivity index (χ0n) is 15.9. The summed E-state index contributed by atoms with van der Waals surface area (Å²) < 4.78 is 27.0. The maximum Gasteiger partial charge on any atom is 0.126 e. The van der Waals surface area contributed by atoms with E-state index in [1.165, 1.54) is 12.1 Å². The van der Waals surface area contributed by atoms with Gasteiger partial charge >= 0.3 is 0 Å². The summed E-state index contributed by atoms with van der Waals surface area (Å²) in [7, 11) is 0. The molecule has 0 aliphatic rings. The summed E-state index contributed by atoms with van der Waals surface area (Å²) in [4.78, 5) is 4.65. The lowest BCUT2D eigenvalue weighted by Gasteiger charge is -2.03. The molecule has 0 saturated carbocycles. The van der Waals surface area contributed by atoms with E-state index < -0.39 is 11.6 Å². The zero-order chi connectivity index (χ0) is 20.5. The predicted octanol–water partition coefficient (Wildman–Crippen LogP) is 6.15. The molecule has 30 heavy (non-hydrogen) atoms. The number of hydrogen-bond donors (Lipinski definition) is 1. The lowest BCUT2D eigenvalue weighted by Crippen LogP contribution is -1.91. The lowest BCUT2D eigenvalue weighted by atomic mass is 10.0. The number of fused-ring (bicyclic) bond motifs is 2. The number of halogens is 2. The van der Waals surface area contributed by atoms with E-state index >= 15 is 0 Å². The summed E-state index contributed by atoms with van der Waals surface area (Å²) in [6.45, 7) is 0. The molecule has 2 heterocycles. The maximum atomic E-state index is 13.5. The molecule has 0 radical (unpaired) electrons. The molecule has 5 heteroatoms. The Hall–Kier alpha value is -3.86. The van der Waals surface area contributed by atoms with Gasteiger partial charge in [-0.25, -0.2) is 13.8 Å². The highest BCUT2D eigenvalue weighted by Gasteiger charge is 2.07. The van der Waals surface area contributed by atoms with Crippen molar-refractivity contribution in [3.05, 3.63) is 107 Å². The lowest BCUT2D eigenvalue weighted by molar-refractivity contribution is 0.580. The fourth-order valence-electron chi connectivity index (χ4n) is 3.61. The smallest absolute Gasteiger partial charge is 0.126 e. The normalized spacial score (nSPS) is 11.7. The van der Waals surface area contributed by atoms with Crippen molar-refractivity contribution < 1.29 is 8.78 Å². The number of rotatable bonds is 4. The minimum Gasteiger partial charge on any atom is -0.277 e. The summed E-state index contributed by atoms with van der Waals surface area (Å²) in [5, 5.41) is 9.43. The molecule has 0 aliphatic carbocycles. The number of nitrogens with zero attached hydrogens (tertiary/aromatic N) is 2. The molecule has 0 spiro atoms. The molecule has 3 nitrogen and oxygen atoms in total. The number of pyridine rings is 1. The van der Waals surface area contributed by atoms with Crippen LogP contribution in [0.3, 0.4) is 0 Å². The van der Waals surface area contributed by atoms with Crippen molar-refractivity contribution in [1.29, 1.82) is 0 Å². The standard InChI is InChI=1S/C25H17F2N3/c26-19-12-17(13-20(27)15-19)11-16-5-9-24-22(14-16)25(30-29-24)10-8-21-7-6-18-3-1-2-4-23(18)28-21/h1-10,12-15H,11H2,(H,29,30). The van der Waals surface area contributed by atoms with Crippen LogP contribution in [0.15, 0.2) is 72.8 Å². The summed E-state index contributed by atoms with van der Waals surface area (Å²) >= 11 is 0. The van der Waals surface area contributed by atoms with Crippen LogP contribution in [0.4, 0.5) is 8.78 Å². The van der Waals surface area contributed by atoms with Gasteiger partial charge in [-0.15, -0.1) is 0 Å². The van der Waals surface area contributed by atoms with Crippen LogP contribution in [0.1, 0.15) is 22.5 Å².